The summed E-state index contributed by atoms with van der Waals surface area (Å²) in [6.45, 7) is 2.14. The summed E-state index contributed by atoms with van der Waals surface area (Å²) in [6.07, 6.45) is 5.38. The van der Waals surface area contributed by atoms with Crippen molar-refractivity contribution in [1.82, 2.24) is 4.90 Å². The summed E-state index contributed by atoms with van der Waals surface area (Å²) in [5, 5.41) is 0. The van der Waals surface area contributed by atoms with Gasteiger partial charge < -0.3 is 9.08 Å². The number of carbonyl (C=O) groups excluding carboxylic acids is 1. The first kappa shape index (κ1) is 16.3. The molecule has 2 saturated carbocycles. The zero-order valence-corrected chi connectivity index (χ0v) is 14.2. The molecule has 0 aliphatic heterocycles. The quantitative estimate of drug-likeness (QED) is 0.718. The maximum Gasteiger partial charge on any atom is 0.308 e. The molecule has 1 aromatic carbocycles. The van der Waals surface area contributed by atoms with Gasteiger partial charge >= 0.3 is 10.1 Å². The van der Waals surface area contributed by atoms with Crippen LogP contribution in [0.15, 0.2) is 24.3 Å². The summed E-state index contributed by atoms with van der Waals surface area (Å²) >= 11 is 0. The SMILES string of the molecule is CCS(=O)(=O)Oc1ccc(CN(C(=O)C2CCC2)C2CC2)cc1. The van der Waals surface area contributed by atoms with Crippen molar-refractivity contribution in [2.75, 3.05) is 5.75 Å². The second-order valence-electron chi connectivity index (χ2n) is 6.40. The average molecular weight is 337 g/mol. The Morgan fingerprint density at radius 1 is 1.17 bits per heavy atom. The maximum absolute atomic E-state index is 12.5. The first-order valence-corrected chi connectivity index (χ1v) is 9.88. The predicted octanol–water partition coefficient (Wildman–Crippen LogP) is 2.71. The number of nitrogens with zero attached hydrogens (tertiary/aromatic N) is 1. The van der Waals surface area contributed by atoms with Crippen LogP contribution in [-0.2, 0) is 21.5 Å². The van der Waals surface area contributed by atoms with Crippen LogP contribution in [0.5, 0.6) is 5.75 Å². The zero-order chi connectivity index (χ0) is 16.4. The van der Waals surface area contributed by atoms with Crippen LogP contribution in [-0.4, -0.2) is 31.0 Å². The van der Waals surface area contributed by atoms with Gasteiger partial charge in [-0.15, -0.1) is 0 Å². The van der Waals surface area contributed by atoms with E-state index in [2.05, 4.69) is 0 Å². The molecule has 23 heavy (non-hydrogen) atoms. The lowest BCUT2D eigenvalue weighted by Crippen LogP contribution is -2.39. The number of carbonyl (C=O) groups is 1. The van der Waals surface area contributed by atoms with Crippen molar-refractivity contribution in [3.63, 3.8) is 0 Å². The van der Waals surface area contributed by atoms with E-state index in [1.54, 1.807) is 19.1 Å². The molecular weight excluding hydrogens is 314 g/mol. The molecule has 3 rings (SSSR count). The van der Waals surface area contributed by atoms with E-state index in [-0.39, 0.29) is 17.6 Å². The summed E-state index contributed by atoms with van der Waals surface area (Å²) < 4.78 is 27.9. The smallest absolute Gasteiger partial charge is 0.308 e. The van der Waals surface area contributed by atoms with Crippen LogP contribution < -0.4 is 4.18 Å². The van der Waals surface area contributed by atoms with E-state index in [4.69, 9.17) is 4.18 Å². The van der Waals surface area contributed by atoms with Crippen molar-refractivity contribution < 1.29 is 17.4 Å². The van der Waals surface area contributed by atoms with E-state index < -0.39 is 10.1 Å². The molecule has 2 aliphatic carbocycles. The Balaban J connectivity index is 1.65. The minimum atomic E-state index is -3.50. The van der Waals surface area contributed by atoms with E-state index in [9.17, 15) is 13.2 Å². The van der Waals surface area contributed by atoms with Crippen LogP contribution in [0.3, 0.4) is 0 Å². The van der Waals surface area contributed by atoms with Crippen molar-refractivity contribution in [3.05, 3.63) is 29.8 Å². The predicted molar refractivity (Wildman–Crippen MR) is 87.4 cm³/mol. The molecule has 0 spiro atoms. The Morgan fingerprint density at radius 2 is 1.83 bits per heavy atom. The number of hydrogen-bond acceptors (Lipinski definition) is 4. The molecule has 1 aromatic rings. The van der Waals surface area contributed by atoms with Crippen LogP contribution >= 0.6 is 0 Å². The van der Waals surface area contributed by atoms with Gasteiger partial charge in [0.25, 0.3) is 0 Å². The van der Waals surface area contributed by atoms with Crippen molar-refractivity contribution >= 4 is 16.0 Å². The second-order valence-corrected chi connectivity index (χ2v) is 8.26. The minimum Gasteiger partial charge on any atom is -0.382 e. The number of benzene rings is 1. The van der Waals surface area contributed by atoms with Crippen molar-refractivity contribution in [1.29, 1.82) is 0 Å². The molecular formula is C17H23NO4S. The Morgan fingerprint density at radius 3 is 2.30 bits per heavy atom. The van der Waals surface area contributed by atoms with Gasteiger partial charge in [0.2, 0.25) is 5.91 Å². The molecule has 5 nitrogen and oxygen atoms in total. The van der Waals surface area contributed by atoms with Gasteiger partial charge in [-0.3, -0.25) is 4.79 Å². The van der Waals surface area contributed by atoms with E-state index in [1.165, 1.54) is 0 Å². The first-order chi connectivity index (χ1) is 11.0. The average Bonchev–Trinajstić information content (AvgIpc) is 3.29. The Bertz CT molecular complexity index is 660. The van der Waals surface area contributed by atoms with E-state index in [0.717, 1.165) is 37.7 Å². The molecule has 0 unspecified atom stereocenters. The van der Waals surface area contributed by atoms with Gasteiger partial charge in [0.05, 0.1) is 5.75 Å². The van der Waals surface area contributed by atoms with E-state index in [1.807, 2.05) is 17.0 Å². The highest BCUT2D eigenvalue weighted by atomic mass is 32.2. The van der Waals surface area contributed by atoms with Crippen molar-refractivity contribution in [2.45, 2.75) is 51.6 Å². The molecule has 0 aromatic heterocycles. The summed E-state index contributed by atoms with van der Waals surface area (Å²) in [5.74, 6) is 0.763. The monoisotopic (exact) mass is 337 g/mol. The molecule has 126 valence electrons. The van der Waals surface area contributed by atoms with Crippen LogP contribution in [0.2, 0.25) is 0 Å². The minimum absolute atomic E-state index is 0.0555. The highest BCUT2D eigenvalue weighted by Gasteiger charge is 2.37. The third-order valence-electron chi connectivity index (χ3n) is 4.58. The standard InChI is InChI=1S/C17H23NO4S/c1-2-23(20,21)22-16-10-6-13(7-11-16)12-18(15-8-9-15)17(19)14-4-3-5-14/h6-7,10-11,14-15H,2-5,8-9,12H2,1H3. The van der Waals surface area contributed by atoms with Gasteiger partial charge in [0.1, 0.15) is 5.75 Å². The van der Waals surface area contributed by atoms with Crippen LogP contribution in [0.4, 0.5) is 0 Å². The third kappa shape index (κ3) is 4.05. The number of amides is 1. The summed E-state index contributed by atoms with van der Waals surface area (Å²) in [5.41, 5.74) is 1.01. The molecule has 6 heteroatoms. The fraction of sp³-hybridized carbons (Fsp3) is 0.588. The zero-order valence-electron chi connectivity index (χ0n) is 13.4. The second kappa shape index (κ2) is 6.51. The lowest BCUT2D eigenvalue weighted by molar-refractivity contribution is -0.139. The van der Waals surface area contributed by atoms with Gasteiger partial charge in [0.15, 0.2) is 0 Å². The molecule has 0 atom stereocenters. The normalized spacial score (nSPS) is 18.3. The lowest BCUT2D eigenvalue weighted by Gasteiger charge is -2.32. The van der Waals surface area contributed by atoms with Crippen LogP contribution in [0.1, 0.15) is 44.6 Å². The van der Waals surface area contributed by atoms with E-state index >= 15 is 0 Å². The van der Waals surface area contributed by atoms with Gasteiger partial charge in [-0.2, -0.15) is 8.42 Å². The molecule has 0 bridgehead atoms. The first-order valence-electron chi connectivity index (χ1n) is 8.30. The molecule has 0 N–H and O–H groups in total. The molecule has 1 amide bonds. The molecule has 0 saturated heterocycles. The summed E-state index contributed by atoms with van der Waals surface area (Å²) in [6, 6.07) is 7.37. The Labute approximate surface area is 137 Å². The highest BCUT2D eigenvalue weighted by molar-refractivity contribution is 7.87. The lowest BCUT2D eigenvalue weighted by atomic mass is 9.84. The van der Waals surface area contributed by atoms with Crippen molar-refractivity contribution in [2.24, 2.45) is 5.92 Å². The largest absolute Gasteiger partial charge is 0.382 e. The number of hydrogen-bond donors (Lipinski definition) is 0. The van der Waals surface area contributed by atoms with E-state index in [0.29, 0.717) is 18.3 Å². The Kier molecular flexibility index (Phi) is 4.62. The van der Waals surface area contributed by atoms with Gasteiger partial charge in [0, 0.05) is 18.5 Å². The molecule has 0 radical (unpaired) electrons. The highest BCUT2D eigenvalue weighted by Crippen LogP contribution is 2.35. The van der Waals surface area contributed by atoms with Crippen molar-refractivity contribution in [3.8, 4) is 5.75 Å². The summed E-state index contributed by atoms with van der Waals surface area (Å²) in [7, 11) is -3.50. The fourth-order valence-electron chi connectivity index (χ4n) is 2.72. The van der Waals surface area contributed by atoms with Gasteiger partial charge in [-0.1, -0.05) is 18.6 Å². The fourth-order valence-corrected chi connectivity index (χ4v) is 3.24. The molecule has 2 fully saturated rings. The third-order valence-corrected chi connectivity index (χ3v) is 5.73. The van der Waals surface area contributed by atoms with Gasteiger partial charge in [-0.25, -0.2) is 0 Å². The topological polar surface area (TPSA) is 63.7 Å². The van der Waals surface area contributed by atoms with Crippen LogP contribution in [0, 0.1) is 5.92 Å². The summed E-state index contributed by atoms with van der Waals surface area (Å²) in [4.78, 5) is 14.5. The van der Waals surface area contributed by atoms with Gasteiger partial charge in [-0.05, 0) is 50.3 Å². The van der Waals surface area contributed by atoms with Crippen LogP contribution in [0.25, 0.3) is 0 Å². The Hall–Kier alpha value is -1.56. The molecule has 2 aliphatic rings. The molecule has 0 heterocycles. The maximum atomic E-state index is 12.5. The number of rotatable bonds is 7.